The molecule has 1 atom stereocenters. The molecule has 1 aromatic heterocycles. The normalized spacial score (nSPS) is 15.0. The van der Waals surface area contributed by atoms with Gasteiger partial charge in [-0.15, -0.1) is 0 Å². The van der Waals surface area contributed by atoms with Gasteiger partial charge in [0, 0.05) is 37.5 Å². The van der Waals surface area contributed by atoms with Gasteiger partial charge in [0.2, 0.25) is 11.8 Å². The van der Waals surface area contributed by atoms with Crippen molar-refractivity contribution >= 4 is 17.5 Å². The number of nitrogens with one attached hydrogen (secondary N) is 2. The van der Waals surface area contributed by atoms with Crippen molar-refractivity contribution in [2.45, 2.75) is 32.4 Å². The van der Waals surface area contributed by atoms with E-state index in [0.29, 0.717) is 36.2 Å². The summed E-state index contributed by atoms with van der Waals surface area (Å²) in [5.74, 6) is 0.744. The number of nitrogens with zero attached hydrogens (tertiary/aromatic N) is 1. The quantitative estimate of drug-likeness (QED) is 0.523. The van der Waals surface area contributed by atoms with E-state index >= 15 is 0 Å². The van der Waals surface area contributed by atoms with Crippen molar-refractivity contribution in [2.24, 2.45) is 5.92 Å². The molecule has 8 nitrogen and oxygen atoms in total. The van der Waals surface area contributed by atoms with Gasteiger partial charge in [-0.3, -0.25) is 9.59 Å². The van der Waals surface area contributed by atoms with Crippen molar-refractivity contribution in [1.82, 2.24) is 10.3 Å². The smallest absolute Gasteiger partial charge is 0.254 e. The van der Waals surface area contributed by atoms with Gasteiger partial charge in [0.05, 0.1) is 6.54 Å². The minimum Gasteiger partial charge on any atom is -0.441 e. The van der Waals surface area contributed by atoms with Gasteiger partial charge in [-0.2, -0.15) is 0 Å². The molecule has 178 valence electrons. The molecular weight excluding hydrogens is 434 g/mol. The first-order valence-corrected chi connectivity index (χ1v) is 11.4. The number of rotatable bonds is 8. The van der Waals surface area contributed by atoms with Crippen LogP contribution in [0.2, 0.25) is 0 Å². The minimum atomic E-state index is -0.705. The Morgan fingerprint density at radius 3 is 2.62 bits per heavy atom. The molecule has 4 rings (SSSR count). The van der Waals surface area contributed by atoms with Gasteiger partial charge in [0.1, 0.15) is 11.5 Å². The fourth-order valence-electron chi connectivity index (χ4n) is 3.94. The second-order valence-electron chi connectivity index (χ2n) is 8.22. The second kappa shape index (κ2) is 11.1. The lowest BCUT2D eigenvalue weighted by Gasteiger charge is -2.21. The maximum atomic E-state index is 12.7. The number of aryl methyl sites for hydroxylation is 1. The molecule has 0 radical (unpaired) electrons. The summed E-state index contributed by atoms with van der Waals surface area (Å²) in [7, 11) is 1.50. The third kappa shape index (κ3) is 5.70. The average molecular weight is 464 g/mol. The Hall–Kier alpha value is -3.49. The van der Waals surface area contributed by atoms with Crippen LogP contribution in [0.5, 0.6) is 0 Å². The molecule has 1 saturated heterocycles. The van der Waals surface area contributed by atoms with E-state index in [4.69, 9.17) is 13.9 Å². The fourth-order valence-corrected chi connectivity index (χ4v) is 3.94. The minimum absolute atomic E-state index is 0.00134. The fraction of sp³-hybridized carbons (Fsp3) is 0.346. The first-order chi connectivity index (χ1) is 16.5. The van der Waals surface area contributed by atoms with E-state index in [1.165, 1.54) is 7.11 Å². The molecule has 2 N–H and O–H groups in total. The zero-order valence-corrected chi connectivity index (χ0v) is 19.4. The number of carbonyl (C=O) groups excluding carboxylic acids is 2. The summed E-state index contributed by atoms with van der Waals surface area (Å²) in [6.07, 6.45) is 0.755. The summed E-state index contributed by atoms with van der Waals surface area (Å²) in [4.78, 5) is 29.8. The zero-order chi connectivity index (χ0) is 23.9. The zero-order valence-electron chi connectivity index (χ0n) is 19.4. The lowest BCUT2D eigenvalue weighted by molar-refractivity contribution is -0.131. The Balaban J connectivity index is 1.41. The third-order valence-corrected chi connectivity index (χ3v) is 5.87. The predicted molar refractivity (Wildman–Crippen MR) is 127 cm³/mol. The SMILES string of the molecule is CO[C@H](C(=O)NCc1nc(-c2cccc(NC(=O)C3CCOCC3)c2)oc1C)c1ccccc1. The highest BCUT2D eigenvalue weighted by Gasteiger charge is 2.23. The van der Waals surface area contributed by atoms with Crippen molar-refractivity contribution in [1.29, 1.82) is 0 Å². The van der Waals surface area contributed by atoms with Crippen LogP contribution in [-0.2, 0) is 25.6 Å². The van der Waals surface area contributed by atoms with Crippen LogP contribution in [0.3, 0.4) is 0 Å². The Bertz CT molecular complexity index is 1120. The van der Waals surface area contributed by atoms with Gasteiger partial charge >= 0.3 is 0 Å². The lowest BCUT2D eigenvalue weighted by atomic mass is 9.99. The molecule has 1 aliphatic heterocycles. The predicted octanol–water partition coefficient (Wildman–Crippen LogP) is 4.02. The van der Waals surface area contributed by atoms with E-state index < -0.39 is 6.10 Å². The molecule has 3 aromatic rings. The van der Waals surface area contributed by atoms with Crippen LogP contribution in [0.1, 0.15) is 36.0 Å². The maximum Gasteiger partial charge on any atom is 0.254 e. The summed E-state index contributed by atoms with van der Waals surface area (Å²) in [5, 5.41) is 5.86. The maximum absolute atomic E-state index is 12.7. The summed E-state index contributed by atoms with van der Waals surface area (Å²) in [6.45, 7) is 3.24. The van der Waals surface area contributed by atoms with Crippen LogP contribution in [0.4, 0.5) is 5.69 Å². The van der Waals surface area contributed by atoms with E-state index in [1.54, 1.807) is 6.92 Å². The van der Waals surface area contributed by atoms with E-state index in [9.17, 15) is 9.59 Å². The summed E-state index contributed by atoms with van der Waals surface area (Å²) < 4.78 is 16.6. The molecule has 0 aliphatic carbocycles. The second-order valence-corrected chi connectivity index (χ2v) is 8.22. The van der Waals surface area contributed by atoms with Crippen molar-refractivity contribution < 1.29 is 23.5 Å². The summed E-state index contributed by atoms with van der Waals surface area (Å²) in [6, 6.07) is 16.7. The molecule has 0 spiro atoms. The average Bonchev–Trinajstić information content (AvgIpc) is 3.25. The molecule has 0 bridgehead atoms. The molecule has 2 aromatic carbocycles. The lowest BCUT2D eigenvalue weighted by Crippen LogP contribution is -2.30. The molecular formula is C26H29N3O5. The van der Waals surface area contributed by atoms with Crippen molar-refractivity contribution in [3.8, 4) is 11.5 Å². The van der Waals surface area contributed by atoms with Gasteiger partial charge in [0.15, 0.2) is 6.10 Å². The highest BCUT2D eigenvalue weighted by atomic mass is 16.5. The van der Waals surface area contributed by atoms with Crippen LogP contribution in [0, 0.1) is 12.8 Å². The van der Waals surface area contributed by atoms with E-state index in [0.717, 1.165) is 24.0 Å². The van der Waals surface area contributed by atoms with Crippen LogP contribution >= 0.6 is 0 Å². The highest BCUT2D eigenvalue weighted by Crippen LogP contribution is 2.26. The number of benzene rings is 2. The molecule has 0 saturated carbocycles. The van der Waals surface area contributed by atoms with Crippen LogP contribution in [-0.4, -0.2) is 37.1 Å². The molecule has 2 amide bonds. The Morgan fingerprint density at radius 1 is 1.12 bits per heavy atom. The van der Waals surface area contributed by atoms with Gasteiger partial charge in [-0.05, 0) is 43.5 Å². The molecule has 8 heteroatoms. The van der Waals surface area contributed by atoms with Crippen molar-refractivity contribution in [3.63, 3.8) is 0 Å². The van der Waals surface area contributed by atoms with Crippen molar-refractivity contribution in [3.05, 3.63) is 71.6 Å². The highest BCUT2D eigenvalue weighted by molar-refractivity contribution is 5.93. The van der Waals surface area contributed by atoms with Gasteiger partial charge in [0.25, 0.3) is 5.91 Å². The van der Waals surface area contributed by atoms with Crippen LogP contribution < -0.4 is 10.6 Å². The number of aromatic nitrogens is 1. The largest absolute Gasteiger partial charge is 0.441 e. The molecule has 34 heavy (non-hydrogen) atoms. The number of amides is 2. The monoisotopic (exact) mass is 463 g/mol. The van der Waals surface area contributed by atoms with E-state index in [1.807, 2.05) is 54.6 Å². The number of anilines is 1. The standard InChI is InChI=1S/C26H29N3O5/c1-17-22(16-27-25(31)23(32-2)18-7-4-3-5-8-18)29-26(34-17)20-9-6-10-21(15-20)28-24(30)19-11-13-33-14-12-19/h3-10,15,19,23H,11-14,16H2,1-2H3,(H,27,31)(H,28,30)/t23-/m0/s1. The first-order valence-electron chi connectivity index (χ1n) is 11.4. The van der Waals surface area contributed by atoms with E-state index in [2.05, 4.69) is 15.6 Å². The number of ether oxygens (including phenoxy) is 2. The van der Waals surface area contributed by atoms with E-state index in [-0.39, 0.29) is 24.3 Å². The van der Waals surface area contributed by atoms with Gasteiger partial charge in [-0.1, -0.05) is 36.4 Å². The Morgan fingerprint density at radius 2 is 1.88 bits per heavy atom. The molecule has 1 aliphatic rings. The summed E-state index contributed by atoms with van der Waals surface area (Å²) >= 11 is 0. The van der Waals surface area contributed by atoms with Crippen molar-refractivity contribution in [2.75, 3.05) is 25.6 Å². The van der Waals surface area contributed by atoms with Gasteiger partial charge in [-0.25, -0.2) is 4.98 Å². The molecule has 0 unspecified atom stereocenters. The van der Waals surface area contributed by atoms with Gasteiger partial charge < -0.3 is 24.5 Å². The number of carbonyl (C=O) groups is 2. The number of oxazole rings is 1. The van der Waals surface area contributed by atoms with Crippen LogP contribution in [0.25, 0.3) is 11.5 Å². The topological polar surface area (TPSA) is 103 Å². The van der Waals surface area contributed by atoms with Crippen LogP contribution in [0.15, 0.2) is 59.0 Å². The number of hydrogen-bond acceptors (Lipinski definition) is 6. The third-order valence-electron chi connectivity index (χ3n) is 5.87. The first kappa shape index (κ1) is 23.7. The molecule has 2 heterocycles. The summed E-state index contributed by atoms with van der Waals surface area (Å²) in [5.41, 5.74) is 2.83. The molecule has 1 fully saturated rings. The Kier molecular flexibility index (Phi) is 7.72. The number of methoxy groups -OCH3 is 1. The number of hydrogen-bond donors (Lipinski definition) is 2. The Labute approximate surface area is 198 Å².